The SMILES string of the molecule is O=C/C=C(\c1ccccc1)c1cccc([N+](=O)[O-])c1. The van der Waals surface area contributed by atoms with Gasteiger partial charge in [0.05, 0.1) is 4.92 Å². The Morgan fingerprint density at radius 3 is 2.32 bits per heavy atom. The highest BCUT2D eigenvalue weighted by Crippen LogP contribution is 2.25. The van der Waals surface area contributed by atoms with Crippen LogP contribution >= 0.6 is 0 Å². The Morgan fingerprint density at radius 1 is 1.00 bits per heavy atom. The van der Waals surface area contributed by atoms with E-state index in [9.17, 15) is 14.9 Å². The van der Waals surface area contributed by atoms with Crippen LogP contribution < -0.4 is 0 Å². The van der Waals surface area contributed by atoms with E-state index in [1.54, 1.807) is 12.1 Å². The number of non-ortho nitro benzene ring substituents is 1. The summed E-state index contributed by atoms with van der Waals surface area (Å²) < 4.78 is 0. The number of allylic oxidation sites excluding steroid dienone is 1. The molecule has 94 valence electrons. The Balaban J connectivity index is 2.52. The van der Waals surface area contributed by atoms with Crippen molar-refractivity contribution in [3.8, 4) is 0 Å². The first kappa shape index (κ1) is 12.7. The molecule has 4 heteroatoms. The predicted octanol–water partition coefficient (Wildman–Crippen LogP) is 3.23. The van der Waals surface area contributed by atoms with E-state index in [-0.39, 0.29) is 5.69 Å². The molecule has 0 saturated carbocycles. The topological polar surface area (TPSA) is 60.2 Å². The Morgan fingerprint density at radius 2 is 1.68 bits per heavy atom. The summed E-state index contributed by atoms with van der Waals surface area (Å²) in [6, 6.07) is 15.5. The lowest BCUT2D eigenvalue weighted by Gasteiger charge is -2.07. The largest absolute Gasteiger partial charge is 0.299 e. The molecule has 0 aliphatic rings. The molecule has 0 atom stereocenters. The fourth-order valence-corrected chi connectivity index (χ4v) is 1.83. The summed E-state index contributed by atoms with van der Waals surface area (Å²) in [5.74, 6) is 0. The zero-order chi connectivity index (χ0) is 13.7. The van der Waals surface area contributed by atoms with E-state index in [0.29, 0.717) is 17.4 Å². The molecule has 0 amide bonds. The summed E-state index contributed by atoms with van der Waals surface area (Å²) >= 11 is 0. The number of benzene rings is 2. The van der Waals surface area contributed by atoms with Crippen LogP contribution in [0.1, 0.15) is 11.1 Å². The van der Waals surface area contributed by atoms with Gasteiger partial charge in [0.15, 0.2) is 0 Å². The Labute approximate surface area is 110 Å². The summed E-state index contributed by atoms with van der Waals surface area (Å²) in [5.41, 5.74) is 2.16. The third-order valence-electron chi connectivity index (χ3n) is 2.69. The number of nitro benzene ring substituents is 1. The molecule has 0 unspecified atom stereocenters. The minimum Gasteiger partial charge on any atom is -0.299 e. The van der Waals surface area contributed by atoms with Crippen molar-refractivity contribution in [2.45, 2.75) is 0 Å². The molecule has 0 fully saturated rings. The van der Waals surface area contributed by atoms with Crippen molar-refractivity contribution in [3.63, 3.8) is 0 Å². The number of carbonyl (C=O) groups excluding carboxylic acids is 1. The van der Waals surface area contributed by atoms with E-state index in [2.05, 4.69) is 0 Å². The van der Waals surface area contributed by atoms with Gasteiger partial charge in [0.1, 0.15) is 6.29 Å². The normalized spacial score (nSPS) is 11.1. The fourth-order valence-electron chi connectivity index (χ4n) is 1.83. The van der Waals surface area contributed by atoms with Crippen molar-refractivity contribution >= 4 is 17.5 Å². The standard InChI is InChI=1S/C15H11NO3/c17-10-9-15(12-5-2-1-3-6-12)13-7-4-8-14(11-13)16(18)19/h1-11H/b15-9+. The molecule has 0 spiro atoms. The number of nitrogens with zero attached hydrogens (tertiary/aromatic N) is 1. The highest BCUT2D eigenvalue weighted by Gasteiger charge is 2.10. The van der Waals surface area contributed by atoms with E-state index in [4.69, 9.17) is 0 Å². The van der Waals surface area contributed by atoms with Crippen LogP contribution in [-0.2, 0) is 4.79 Å². The van der Waals surface area contributed by atoms with Gasteiger partial charge >= 0.3 is 0 Å². The first-order valence-electron chi connectivity index (χ1n) is 5.68. The van der Waals surface area contributed by atoms with E-state index in [1.807, 2.05) is 30.3 Å². The molecule has 2 aromatic rings. The molecule has 4 nitrogen and oxygen atoms in total. The van der Waals surface area contributed by atoms with Gasteiger partial charge in [-0.1, -0.05) is 42.5 Å². The van der Waals surface area contributed by atoms with Gasteiger partial charge in [-0.25, -0.2) is 0 Å². The van der Waals surface area contributed by atoms with Crippen LogP contribution in [0.5, 0.6) is 0 Å². The molecule has 0 aliphatic heterocycles. The maximum absolute atomic E-state index is 10.8. The number of aldehydes is 1. The molecule has 0 aliphatic carbocycles. The predicted molar refractivity (Wildman–Crippen MR) is 72.7 cm³/mol. The molecule has 2 aromatic carbocycles. The van der Waals surface area contributed by atoms with E-state index >= 15 is 0 Å². The van der Waals surface area contributed by atoms with Crippen LogP contribution in [0.2, 0.25) is 0 Å². The number of rotatable bonds is 4. The van der Waals surface area contributed by atoms with Crippen LogP contribution in [0.15, 0.2) is 60.7 Å². The van der Waals surface area contributed by atoms with Crippen molar-refractivity contribution in [3.05, 3.63) is 81.9 Å². The van der Waals surface area contributed by atoms with Gasteiger partial charge in [0, 0.05) is 12.1 Å². The van der Waals surface area contributed by atoms with Crippen LogP contribution in [0.4, 0.5) is 5.69 Å². The zero-order valence-electron chi connectivity index (χ0n) is 10.0. The Hall–Kier alpha value is -2.75. The van der Waals surface area contributed by atoms with E-state index in [0.717, 1.165) is 5.56 Å². The highest BCUT2D eigenvalue weighted by atomic mass is 16.6. The van der Waals surface area contributed by atoms with Crippen LogP contribution in [0.3, 0.4) is 0 Å². The third-order valence-corrected chi connectivity index (χ3v) is 2.69. The minimum atomic E-state index is -0.451. The van der Waals surface area contributed by atoms with E-state index in [1.165, 1.54) is 18.2 Å². The maximum atomic E-state index is 10.8. The van der Waals surface area contributed by atoms with Crippen molar-refractivity contribution in [2.75, 3.05) is 0 Å². The molecular formula is C15H11NO3. The third kappa shape index (κ3) is 2.93. The van der Waals surface area contributed by atoms with Gasteiger partial charge in [-0.2, -0.15) is 0 Å². The summed E-state index contributed by atoms with van der Waals surface area (Å²) in [7, 11) is 0. The first-order valence-corrected chi connectivity index (χ1v) is 5.68. The zero-order valence-corrected chi connectivity index (χ0v) is 10.0. The van der Waals surface area contributed by atoms with Gasteiger partial charge in [-0.15, -0.1) is 0 Å². The van der Waals surface area contributed by atoms with Gasteiger partial charge < -0.3 is 0 Å². The second kappa shape index (κ2) is 5.73. The highest BCUT2D eigenvalue weighted by molar-refractivity contribution is 5.90. The molecule has 0 radical (unpaired) electrons. The Bertz CT molecular complexity index is 633. The molecule has 2 rings (SSSR count). The van der Waals surface area contributed by atoms with E-state index < -0.39 is 4.92 Å². The second-order valence-corrected chi connectivity index (χ2v) is 3.89. The van der Waals surface area contributed by atoms with Gasteiger partial charge in [0.25, 0.3) is 5.69 Å². The lowest BCUT2D eigenvalue weighted by atomic mass is 9.97. The molecule has 0 aromatic heterocycles. The molecule has 0 N–H and O–H groups in total. The van der Waals surface area contributed by atoms with Gasteiger partial charge in [-0.3, -0.25) is 14.9 Å². The smallest absolute Gasteiger partial charge is 0.270 e. The summed E-state index contributed by atoms with van der Waals surface area (Å²) in [6.07, 6.45) is 2.09. The van der Waals surface area contributed by atoms with Crippen molar-refractivity contribution in [1.29, 1.82) is 0 Å². The summed E-state index contributed by atoms with van der Waals surface area (Å²) in [6.45, 7) is 0. The second-order valence-electron chi connectivity index (χ2n) is 3.89. The molecule has 19 heavy (non-hydrogen) atoms. The summed E-state index contributed by atoms with van der Waals surface area (Å²) in [4.78, 5) is 21.1. The van der Waals surface area contributed by atoms with Crippen molar-refractivity contribution in [2.24, 2.45) is 0 Å². The minimum absolute atomic E-state index is 0.00484. The van der Waals surface area contributed by atoms with Crippen LogP contribution in [-0.4, -0.2) is 11.2 Å². The van der Waals surface area contributed by atoms with Crippen LogP contribution in [0.25, 0.3) is 5.57 Å². The summed E-state index contributed by atoms with van der Waals surface area (Å²) in [5, 5.41) is 10.8. The van der Waals surface area contributed by atoms with Crippen molar-refractivity contribution in [1.82, 2.24) is 0 Å². The number of nitro groups is 1. The monoisotopic (exact) mass is 253 g/mol. The van der Waals surface area contributed by atoms with Gasteiger partial charge in [-0.05, 0) is 22.8 Å². The molecular weight excluding hydrogens is 242 g/mol. The average Bonchev–Trinajstić information content (AvgIpc) is 2.46. The van der Waals surface area contributed by atoms with Crippen molar-refractivity contribution < 1.29 is 9.72 Å². The average molecular weight is 253 g/mol. The lowest BCUT2D eigenvalue weighted by molar-refractivity contribution is -0.384. The number of hydrogen-bond donors (Lipinski definition) is 0. The quantitative estimate of drug-likeness (QED) is 0.364. The molecule has 0 saturated heterocycles. The van der Waals surface area contributed by atoms with Crippen LogP contribution in [0, 0.1) is 10.1 Å². The first-order chi connectivity index (χ1) is 9.22. The fraction of sp³-hybridized carbons (Fsp3) is 0. The lowest BCUT2D eigenvalue weighted by Crippen LogP contribution is -1.92. The maximum Gasteiger partial charge on any atom is 0.270 e. The number of hydrogen-bond acceptors (Lipinski definition) is 3. The number of carbonyl (C=O) groups is 1. The Kier molecular flexibility index (Phi) is 3.83. The molecule has 0 heterocycles. The van der Waals surface area contributed by atoms with Gasteiger partial charge in [0.2, 0.25) is 0 Å². The molecule has 0 bridgehead atoms.